The van der Waals surface area contributed by atoms with Gasteiger partial charge >= 0.3 is 0 Å². The fourth-order valence-corrected chi connectivity index (χ4v) is 3.93. The van der Waals surface area contributed by atoms with Gasteiger partial charge in [-0.1, -0.05) is 12.1 Å². The Bertz CT molecular complexity index is 1190. The number of benzene rings is 1. The van der Waals surface area contributed by atoms with Crippen molar-refractivity contribution in [2.45, 2.75) is 18.8 Å². The molecule has 1 aliphatic rings. The van der Waals surface area contributed by atoms with E-state index in [4.69, 9.17) is 4.98 Å². The Morgan fingerprint density at radius 2 is 1.91 bits per heavy atom. The molecule has 1 amide bonds. The molecule has 0 saturated carbocycles. The fraction of sp³-hybridized carbons (Fsp3) is 0.348. The number of aryl methyl sites for hydroxylation is 1. The predicted molar refractivity (Wildman–Crippen MR) is 119 cm³/mol. The Hall–Kier alpha value is -3.62. The van der Waals surface area contributed by atoms with Gasteiger partial charge < -0.3 is 9.80 Å². The highest BCUT2D eigenvalue weighted by molar-refractivity contribution is 5.92. The monoisotopic (exact) mass is 436 g/mol. The van der Waals surface area contributed by atoms with Crippen LogP contribution in [0.3, 0.4) is 0 Å². The second kappa shape index (κ2) is 8.86. The average molecular weight is 436 g/mol. The molecule has 0 spiro atoms. The van der Waals surface area contributed by atoms with Crippen molar-refractivity contribution in [1.82, 2.24) is 24.6 Å². The van der Waals surface area contributed by atoms with Crippen molar-refractivity contribution in [3.63, 3.8) is 0 Å². The molecule has 1 fully saturated rings. The number of hydrogen-bond acceptors (Lipinski definition) is 6. The van der Waals surface area contributed by atoms with Crippen LogP contribution in [0.4, 0.5) is 10.3 Å². The van der Waals surface area contributed by atoms with E-state index in [-0.39, 0.29) is 28.9 Å². The maximum absolute atomic E-state index is 13.5. The molecule has 0 aliphatic carbocycles. The smallest absolute Gasteiger partial charge is 0.274 e. The maximum Gasteiger partial charge on any atom is 0.274 e. The summed E-state index contributed by atoms with van der Waals surface area (Å²) in [6, 6.07) is 9.08. The number of nitrogens with zero attached hydrogens (tertiary/aromatic N) is 6. The van der Waals surface area contributed by atoms with Gasteiger partial charge in [-0.25, -0.2) is 19.0 Å². The second-order valence-electron chi connectivity index (χ2n) is 8.14. The summed E-state index contributed by atoms with van der Waals surface area (Å²) in [6.45, 7) is 1.08. The molecular weight excluding hydrogens is 411 g/mol. The summed E-state index contributed by atoms with van der Waals surface area (Å²) in [5.41, 5.74) is 2.47. The van der Waals surface area contributed by atoms with Gasteiger partial charge in [0, 0.05) is 58.0 Å². The van der Waals surface area contributed by atoms with E-state index in [0.29, 0.717) is 19.0 Å². The topological polar surface area (TPSA) is 84.2 Å². The normalized spacial score (nSPS) is 16.1. The summed E-state index contributed by atoms with van der Waals surface area (Å²) in [5.74, 6) is 0.0480. The van der Waals surface area contributed by atoms with E-state index in [1.807, 2.05) is 19.0 Å². The van der Waals surface area contributed by atoms with E-state index in [9.17, 15) is 14.0 Å². The standard InChI is InChI=1S/C23H25FN6O2/c1-28(2)23-25-13-18(15-6-8-17(24)9-7-15)21(26-23)16-5-4-12-30(14-16)22(32)19-10-11-20(31)29(3)27-19/h6-11,13,16H,4-5,12,14H2,1-3H3/t16-/m1/s1. The van der Waals surface area contributed by atoms with Crippen molar-refractivity contribution in [3.8, 4) is 11.1 Å². The largest absolute Gasteiger partial charge is 0.347 e. The van der Waals surface area contributed by atoms with Crippen LogP contribution >= 0.6 is 0 Å². The molecule has 0 bridgehead atoms. The van der Waals surface area contributed by atoms with Crippen LogP contribution in [0.5, 0.6) is 0 Å². The molecule has 0 unspecified atom stereocenters. The van der Waals surface area contributed by atoms with Gasteiger partial charge in [-0.15, -0.1) is 0 Å². The molecule has 1 saturated heterocycles. The van der Waals surface area contributed by atoms with Gasteiger partial charge in [0.2, 0.25) is 5.95 Å². The van der Waals surface area contributed by atoms with Crippen LogP contribution in [0, 0.1) is 5.82 Å². The molecule has 166 valence electrons. The third-order valence-electron chi connectivity index (χ3n) is 5.64. The number of aromatic nitrogens is 4. The first-order valence-corrected chi connectivity index (χ1v) is 10.5. The van der Waals surface area contributed by atoms with Crippen LogP contribution < -0.4 is 10.5 Å². The summed E-state index contributed by atoms with van der Waals surface area (Å²) in [5, 5.41) is 4.10. The lowest BCUT2D eigenvalue weighted by Gasteiger charge is -2.33. The molecule has 8 nitrogen and oxygen atoms in total. The molecule has 3 heterocycles. The first-order valence-electron chi connectivity index (χ1n) is 10.5. The van der Waals surface area contributed by atoms with Crippen LogP contribution in [0.25, 0.3) is 11.1 Å². The van der Waals surface area contributed by atoms with E-state index in [2.05, 4.69) is 10.1 Å². The average Bonchev–Trinajstić information content (AvgIpc) is 2.80. The minimum Gasteiger partial charge on any atom is -0.347 e. The lowest BCUT2D eigenvalue weighted by atomic mass is 9.89. The molecule has 9 heteroatoms. The van der Waals surface area contributed by atoms with Gasteiger partial charge in [0.25, 0.3) is 11.5 Å². The predicted octanol–water partition coefficient (Wildman–Crippen LogP) is 2.46. The van der Waals surface area contributed by atoms with Crippen LogP contribution in [-0.2, 0) is 7.05 Å². The summed E-state index contributed by atoms with van der Waals surface area (Å²) < 4.78 is 14.6. The van der Waals surface area contributed by atoms with Crippen LogP contribution in [-0.4, -0.2) is 57.7 Å². The molecule has 32 heavy (non-hydrogen) atoms. The third-order valence-corrected chi connectivity index (χ3v) is 5.64. The number of piperidine rings is 1. The molecule has 1 aliphatic heterocycles. The zero-order valence-corrected chi connectivity index (χ0v) is 18.3. The molecule has 4 rings (SSSR count). The number of rotatable bonds is 4. The van der Waals surface area contributed by atoms with Crippen molar-refractivity contribution in [2.75, 3.05) is 32.1 Å². The summed E-state index contributed by atoms with van der Waals surface area (Å²) >= 11 is 0. The van der Waals surface area contributed by atoms with Gasteiger partial charge in [-0.2, -0.15) is 5.10 Å². The van der Waals surface area contributed by atoms with Crippen LogP contribution in [0.2, 0.25) is 0 Å². The van der Waals surface area contributed by atoms with Crippen molar-refractivity contribution in [3.05, 3.63) is 70.2 Å². The molecule has 3 aromatic rings. The van der Waals surface area contributed by atoms with Crippen LogP contribution in [0.15, 0.2) is 47.4 Å². The summed E-state index contributed by atoms with van der Waals surface area (Å²) in [6.07, 6.45) is 3.44. The Balaban J connectivity index is 1.67. The molecule has 1 aromatic carbocycles. The Labute approximate surface area is 185 Å². The number of hydrogen-bond donors (Lipinski definition) is 0. The second-order valence-corrected chi connectivity index (χ2v) is 8.14. The summed E-state index contributed by atoms with van der Waals surface area (Å²) in [7, 11) is 5.27. The SMILES string of the molecule is CN(C)c1ncc(-c2ccc(F)cc2)c([C@@H]2CCCN(C(=O)c3ccc(=O)n(C)n3)C2)n1. The minimum absolute atomic E-state index is 0.0121. The number of amides is 1. The highest BCUT2D eigenvalue weighted by Crippen LogP contribution is 2.34. The van der Waals surface area contributed by atoms with Crippen molar-refractivity contribution in [1.29, 1.82) is 0 Å². The molecule has 0 N–H and O–H groups in total. The molecule has 1 atom stereocenters. The molecular formula is C23H25FN6O2. The van der Waals surface area contributed by atoms with E-state index in [0.717, 1.165) is 34.3 Å². The van der Waals surface area contributed by atoms with Crippen molar-refractivity contribution >= 4 is 11.9 Å². The van der Waals surface area contributed by atoms with Crippen LogP contribution in [0.1, 0.15) is 34.9 Å². The third kappa shape index (κ3) is 4.37. The number of anilines is 1. The lowest BCUT2D eigenvalue weighted by molar-refractivity contribution is 0.0697. The Morgan fingerprint density at radius 3 is 2.59 bits per heavy atom. The van der Waals surface area contributed by atoms with E-state index >= 15 is 0 Å². The van der Waals surface area contributed by atoms with Gasteiger partial charge in [-0.05, 0) is 36.6 Å². The minimum atomic E-state index is -0.305. The highest BCUT2D eigenvalue weighted by atomic mass is 19.1. The van der Waals surface area contributed by atoms with Gasteiger partial charge in [0.05, 0.1) is 5.69 Å². The first-order chi connectivity index (χ1) is 15.3. The highest BCUT2D eigenvalue weighted by Gasteiger charge is 2.29. The number of carbonyl (C=O) groups excluding carboxylic acids is 1. The number of carbonyl (C=O) groups is 1. The maximum atomic E-state index is 13.5. The molecule has 2 aromatic heterocycles. The number of likely N-dealkylation sites (tertiary alicyclic amines) is 1. The van der Waals surface area contributed by atoms with Gasteiger partial charge in [0.1, 0.15) is 11.5 Å². The molecule has 0 radical (unpaired) electrons. The Morgan fingerprint density at radius 1 is 1.16 bits per heavy atom. The van der Waals surface area contributed by atoms with E-state index in [1.54, 1.807) is 23.2 Å². The van der Waals surface area contributed by atoms with Gasteiger partial charge in [-0.3, -0.25) is 9.59 Å². The Kier molecular flexibility index (Phi) is 5.98. The fourth-order valence-electron chi connectivity index (χ4n) is 3.93. The zero-order valence-electron chi connectivity index (χ0n) is 18.3. The number of halogens is 1. The summed E-state index contributed by atoms with van der Waals surface area (Å²) in [4.78, 5) is 37.5. The van der Waals surface area contributed by atoms with Crippen molar-refractivity contribution < 1.29 is 9.18 Å². The van der Waals surface area contributed by atoms with E-state index < -0.39 is 0 Å². The van der Waals surface area contributed by atoms with E-state index in [1.165, 1.54) is 31.3 Å². The lowest BCUT2D eigenvalue weighted by Crippen LogP contribution is -2.40. The van der Waals surface area contributed by atoms with Crippen molar-refractivity contribution in [2.24, 2.45) is 7.05 Å². The first kappa shape index (κ1) is 21.6. The van der Waals surface area contributed by atoms with Gasteiger partial charge in [0.15, 0.2) is 0 Å². The zero-order chi connectivity index (χ0) is 22.8. The quantitative estimate of drug-likeness (QED) is 0.625.